The van der Waals surface area contributed by atoms with Gasteiger partial charge < -0.3 is 14.8 Å². The average molecular weight is 426 g/mol. The summed E-state index contributed by atoms with van der Waals surface area (Å²) in [6.07, 6.45) is 0. The monoisotopic (exact) mass is 426 g/mol. The Morgan fingerprint density at radius 1 is 1.19 bits per heavy atom. The van der Waals surface area contributed by atoms with Gasteiger partial charge in [0.25, 0.3) is 0 Å². The van der Waals surface area contributed by atoms with E-state index >= 15 is 0 Å². The summed E-state index contributed by atoms with van der Waals surface area (Å²) >= 11 is 0. The summed E-state index contributed by atoms with van der Waals surface area (Å²) in [5.74, 6) is -0.488. The van der Waals surface area contributed by atoms with Crippen LogP contribution in [0.4, 0.5) is 9.18 Å². The minimum atomic E-state index is -0.983. The van der Waals surface area contributed by atoms with Crippen molar-refractivity contribution in [3.63, 3.8) is 0 Å². The Labute approximate surface area is 181 Å². The Hall–Kier alpha value is -3.35. The molecule has 0 aliphatic carbocycles. The number of nitrogens with one attached hydrogen (secondary N) is 1. The van der Waals surface area contributed by atoms with Gasteiger partial charge in [0.15, 0.2) is 0 Å². The fourth-order valence-electron chi connectivity index (χ4n) is 3.62. The van der Waals surface area contributed by atoms with Crippen LogP contribution in [0.2, 0.25) is 0 Å². The third-order valence-corrected chi connectivity index (χ3v) is 5.42. The van der Waals surface area contributed by atoms with E-state index < -0.39 is 23.9 Å². The Morgan fingerprint density at radius 3 is 2.58 bits per heavy atom. The summed E-state index contributed by atoms with van der Waals surface area (Å²) in [5.41, 5.74) is 3.75. The summed E-state index contributed by atoms with van der Waals surface area (Å²) in [4.78, 5) is 26.9. The minimum absolute atomic E-state index is 0.0489. The Balaban J connectivity index is 2.08. The molecule has 0 fully saturated rings. The van der Waals surface area contributed by atoms with E-state index in [1.54, 1.807) is 26.1 Å². The molecule has 2 amide bonds. The number of esters is 1. The number of urea groups is 1. The largest absolute Gasteiger partial charge is 0.487 e. The standard InChI is InChI=1S/C24H27FN2O4/c1-6-30-23(28)21-19(13-31-20-12-14(2)11-15(3)16(20)4)27(5)24(29)26-22(21)17-9-7-8-10-18(17)25/h7-12,22H,6,13H2,1-5H3,(H,26,29)/t22-/m0/s1. The summed E-state index contributed by atoms with van der Waals surface area (Å²) in [6, 6.07) is 8.55. The van der Waals surface area contributed by atoms with E-state index in [1.807, 2.05) is 26.8 Å². The molecule has 0 spiro atoms. The zero-order valence-corrected chi connectivity index (χ0v) is 18.4. The third-order valence-electron chi connectivity index (χ3n) is 5.42. The smallest absolute Gasteiger partial charge is 0.338 e. The van der Waals surface area contributed by atoms with Crippen molar-refractivity contribution in [3.8, 4) is 5.75 Å². The number of amides is 2. The molecule has 2 aromatic carbocycles. The molecule has 0 bridgehead atoms. The molecule has 1 N–H and O–H groups in total. The van der Waals surface area contributed by atoms with Crippen molar-refractivity contribution in [2.24, 2.45) is 0 Å². The van der Waals surface area contributed by atoms with Gasteiger partial charge in [-0.15, -0.1) is 0 Å². The summed E-state index contributed by atoms with van der Waals surface area (Å²) in [6.45, 7) is 7.70. The van der Waals surface area contributed by atoms with Gasteiger partial charge in [-0.05, 0) is 56.5 Å². The van der Waals surface area contributed by atoms with Gasteiger partial charge in [0.2, 0.25) is 0 Å². The van der Waals surface area contributed by atoms with Crippen molar-refractivity contribution in [1.29, 1.82) is 0 Å². The molecule has 0 saturated carbocycles. The molecule has 3 rings (SSSR count). The van der Waals surface area contributed by atoms with Crippen LogP contribution >= 0.6 is 0 Å². The zero-order chi connectivity index (χ0) is 22.7. The van der Waals surface area contributed by atoms with Crippen LogP contribution in [0.3, 0.4) is 0 Å². The number of halogens is 1. The van der Waals surface area contributed by atoms with Crippen LogP contribution in [0.1, 0.15) is 35.2 Å². The number of rotatable bonds is 6. The molecule has 6 nitrogen and oxygen atoms in total. The van der Waals surface area contributed by atoms with E-state index in [0.717, 1.165) is 16.7 Å². The van der Waals surface area contributed by atoms with Gasteiger partial charge in [-0.3, -0.25) is 4.90 Å². The highest BCUT2D eigenvalue weighted by Crippen LogP contribution is 2.33. The first-order chi connectivity index (χ1) is 14.7. The summed E-state index contributed by atoms with van der Waals surface area (Å²) in [7, 11) is 1.54. The number of hydrogen-bond acceptors (Lipinski definition) is 4. The van der Waals surface area contributed by atoms with Crippen LogP contribution in [0.25, 0.3) is 0 Å². The number of carbonyl (C=O) groups excluding carboxylic acids is 2. The van der Waals surface area contributed by atoms with Gasteiger partial charge in [0.1, 0.15) is 18.2 Å². The molecule has 0 radical (unpaired) electrons. The van der Waals surface area contributed by atoms with Crippen molar-refractivity contribution < 1.29 is 23.5 Å². The normalized spacial score (nSPS) is 16.3. The van der Waals surface area contributed by atoms with Crippen LogP contribution in [-0.2, 0) is 9.53 Å². The van der Waals surface area contributed by atoms with E-state index in [9.17, 15) is 14.0 Å². The van der Waals surface area contributed by atoms with E-state index in [1.165, 1.54) is 17.0 Å². The Kier molecular flexibility index (Phi) is 6.63. The van der Waals surface area contributed by atoms with Crippen LogP contribution in [0.5, 0.6) is 5.75 Å². The van der Waals surface area contributed by atoms with E-state index in [4.69, 9.17) is 9.47 Å². The molecule has 2 aromatic rings. The highest BCUT2D eigenvalue weighted by molar-refractivity contribution is 5.95. The molecule has 1 heterocycles. The molecule has 0 saturated heterocycles. The predicted molar refractivity (Wildman–Crippen MR) is 115 cm³/mol. The van der Waals surface area contributed by atoms with Crippen molar-refractivity contribution in [3.05, 3.63) is 75.7 Å². The first-order valence-corrected chi connectivity index (χ1v) is 10.1. The lowest BCUT2D eigenvalue weighted by Crippen LogP contribution is -2.48. The molecule has 31 heavy (non-hydrogen) atoms. The Morgan fingerprint density at radius 2 is 1.90 bits per heavy atom. The molecule has 164 valence electrons. The van der Waals surface area contributed by atoms with Gasteiger partial charge in [0.05, 0.1) is 23.9 Å². The molecule has 1 atom stereocenters. The number of benzene rings is 2. The fraction of sp³-hybridized carbons (Fsp3) is 0.333. The van der Waals surface area contributed by atoms with Crippen molar-refractivity contribution in [2.75, 3.05) is 20.3 Å². The summed E-state index contributed by atoms with van der Waals surface area (Å²) < 4.78 is 25.9. The maximum atomic E-state index is 14.6. The minimum Gasteiger partial charge on any atom is -0.487 e. The number of carbonyl (C=O) groups is 2. The molecular formula is C24H27FN2O4. The molecule has 1 aliphatic heterocycles. The predicted octanol–water partition coefficient (Wildman–Crippen LogP) is 4.34. The molecule has 0 unspecified atom stereocenters. The molecular weight excluding hydrogens is 399 g/mol. The van der Waals surface area contributed by atoms with Crippen LogP contribution in [0.15, 0.2) is 47.7 Å². The number of hydrogen-bond donors (Lipinski definition) is 1. The van der Waals surface area contributed by atoms with E-state index in [0.29, 0.717) is 11.4 Å². The van der Waals surface area contributed by atoms with Gasteiger partial charge in [-0.2, -0.15) is 0 Å². The van der Waals surface area contributed by atoms with E-state index in [2.05, 4.69) is 11.4 Å². The number of likely N-dealkylation sites (N-methyl/N-ethyl adjacent to an activating group) is 1. The van der Waals surface area contributed by atoms with Crippen molar-refractivity contribution >= 4 is 12.0 Å². The second kappa shape index (κ2) is 9.20. The summed E-state index contributed by atoms with van der Waals surface area (Å²) in [5, 5.41) is 2.70. The fourth-order valence-corrected chi connectivity index (χ4v) is 3.62. The average Bonchev–Trinajstić information content (AvgIpc) is 2.72. The van der Waals surface area contributed by atoms with Crippen LogP contribution < -0.4 is 10.1 Å². The maximum absolute atomic E-state index is 14.6. The van der Waals surface area contributed by atoms with Crippen LogP contribution in [-0.4, -0.2) is 37.2 Å². The van der Waals surface area contributed by atoms with Crippen LogP contribution in [0, 0.1) is 26.6 Å². The lowest BCUT2D eigenvalue weighted by atomic mass is 9.94. The van der Waals surface area contributed by atoms with Gasteiger partial charge in [-0.25, -0.2) is 14.0 Å². The van der Waals surface area contributed by atoms with Crippen molar-refractivity contribution in [1.82, 2.24) is 10.2 Å². The Bertz CT molecular complexity index is 1050. The number of ether oxygens (including phenoxy) is 2. The second-order valence-electron chi connectivity index (χ2n) is 7.54. The maximum Gasteiger partial charge on any atom is 0.338 e. The van der Waals surface area contributed by atoms with E-state index in [-0.39, 0.29) is 24.4 Å². The lowest BCUT2D eigenvalue weighted by Gasteiger charge is -2.34. The quantitative estimate of drug-likeness (QED) is 0.698. The molecule has 7 heteroatoms. The molecule has 1 aliphatic rings. The van der Waals surface area contributed by atoms with Gasteiger partial charge in [0, 0.05) is 12.6 Å². The highest BCUT2D eigenvalue weighted by Gasteiger charge is 2.38. The van der Waals surface area contributed by atoms with Gasteiger partial charge >= 0.3 is 12.0 Å². The lowest BCUT2D eigenvalue weighted by molar-refractivity contribution is -0.139. The number of aryl methyl sites for hydroxylation is 2. The van der Waals surface area contributed by atoms with Crippen molar-refractivity contribution in [2.45, 2.75) is 33.7 Å². The first kappa shape index (κ1) is 22.3. The zero-order valence-electron chi connectivity index (χ0n) is 18.4. The topological polar surface area (TPSA) is 67.9 Å². The second-order valence-corrected chi connectivity index (χ2v) is 7.54. The SMILES string of the molecule is CCOC(=O)C1=C(COc2cc(C)cc(C)c2C)N(C)C(=O)N[C@H]1c1ccccc1F. The first-order valence-electron chi connectivity index (χ1n) is 10.1. The number of nitrogens with zero attached hydrogens (tertiary/aromatic N) is 1. The van der Waals surface area contributed by atoms with Gasteiger partial charge in [-0.1, -0.05) is 24.3 Å². The molecule has 0 aromatic heterocycles. The highest BCUT2D eigenvalue weighted by atomic mass is 19.1. The third kappa shape index (κ3) is 4.55.